The van der Waals surface area contributed by atoms with Crippen molar-refractivity contribution in [2.24, 2.45) is 9.98 Å². The number of likely N-dealkylation sites (N-methyl/N-ethyl adjacent to an activating group) is 1. The fraction of sp³-hybridized carbons (Fsp3) is 0.375. The number of fused-ring (bicyclic) bond motifs is 2. The van der Waals surface area contributed by atoms with E-state index in [1.54, 1.807) is 11.3 Å². The van der Waals surface area contributed by atoms with E-state index in [1.807, 2.05) is 18.2 Å². The molecule has 0 saturated carbocycles. The molecule has 1 fully saturated rings. The molecule has 0 spiro atoms. The van der Waals surface area contributed by atoms with E-state index in [4.69, 9.17) is 16.6 Å². The fourth-order valence-corrected chi connectivity index (χ4v) is 4.08. The molecule has 3 heterocycles. The summed E-state index contributed by atoms with van der Waals surface area (Å²) in [7, 11) is 2.18. The maximum absolute atomic E-state index is 6.07. The number of thiophene rings is 1. The summed E-state index contributed by atoms with van der Waals surface area (Å²) in [5.74, 6) is 0. The number of hydrogen-bond acceptors (Lipinski definition) is 5. The summed E-state index contributed by atoms with van der Waals surface area (Å²) in [4.78, 5) is 14.4. The summed E-state index contributed by atoms with van der Waals surface area (Å²) in [5, 5.41) is 5.99. The molecular weight excluding hydrogens is 316 g/mol. The molecule has 2 aliphatic heterocycles. The summed E-state index contributed by atoms with van der Waals surface area (Å²) in [6.07, 6.45) is 0. The average molecular weight is 333 g/mol. The van der Waals surface area contributed by atoms with Gasteiger partial charge in [0.2, 0.25) is 0 Å². The number of benzene rings is 1. The smallest absolute Gasteiger partial charge is 0.118 e. The van der Waals surface area contributed by atoms with Crippen LogP contribution in [0, 0.1) is 0 Å². The monoisotopic (exact) mass is 332 g/mol. The molecule has 2 aliphatic rings. The Morgan fingerprint density at radius 1 is 1.14 bits per heavy atom. The predicted octanol–water partition coefficient (Wildman–Crippen LogP) is 2.24. The average Bonchev–Trinajstić information content (AvgIpc) is 2.82. The Morgan fingerprint density at radius 3 is 2.77 bits per heavy atom. The van der Waals surface area contributed by atoms with Gasteiger partial charge >= 0.3 is 0 Å². The zero-order chi connectivity index (χ0) is 15.1. The molecule has 0 radical (unpaired) electrons. The SMILES string of the molecule is CN1CCN(c2scc3c2N=c2ccc(Cl)cc2=NC3)CC1. The van der Waals surface area contributed by atoms with Gasteiger partial charge in [0.15, 0.2) is 0 Å². The highest BCUT2D eigenvalue weighted by Gasteiger charge is 2.21. The van der Waals surface area contributed by atoms with Crippen LogP contribution in [0.1, 0.15) is 5.56 Å². The highest BCUT2D eigenvalue weighted by Crippen LogP contribution is 2.39. The van der Waals surface area contributed by atoms with Crippen molar-refractivity contribution < 1.29 is 0 Å². The Balaban J connectivity index is 1.78. The van der Waals surface area contributed by atoms with Gasteiger partial charge in [-0.15, -0.1) is 11.3 Å². The van der Waals surface area contributed by atoms with Gasteiger partial charge in [-0.3, -0.25) is 4.99 Å². The van der Waals surface area contributed by atoms with Crippen LogP contribution >= 0.6 is 22.9 Å². The van der Waals surface area contributed by atoms with Crippen LogP contribution in [0.4, 0.5) is 10.7 Å². The molecule has 0 atom stereocenters. The Bertz CT molecular complexity index is 821. The van der Waals surface area contributed by atoms with Gasteiger partial charge in [0.25, 0.3) is 0 Å². The van der Waals surface area contributed by atoms with Crippen LogP contribution in [0.5, 0.6) is 0 Å². The lowest BCUT2D eigenvalue weighted by atomic mass is 10.2. The first-order valence-corrected chi connectivity index (χ1v) is 8.69. The molecule has 2 aromatic rings. The maximum atomic E-state index is 6.07. The lowest BCUT2D eigenvalue weighted by Crippen LogP contribution is -2.44. The summed E-state index contributed by atoms with van der Waals surface area (Å²) in [5.41, 5.74) is 2.31. The molecular formula is C16H17ClN4S. The molecule has 1 aromatic heterocycles. The Morgan fingerprint density at radius 2 is 1.95 bits per heavy atom. The first kappa shape index (κ1) is 14.2. The van der Waals surface area contributed by atoms with E-state index >= 15 is 0 Å². The molecule has 0 unspecified atom stereocenters. The zero-order valence-corrected chi connectivity index (χ0v) is 14.0. The number of halogens is 1. The van der Waals surface area contributed by atoms with Crippen LogP contribution in [0.3, 0.4) is 0 Å². The van der Waals surface area contributed by atoms with Crippen LogP contribution in [-0.4, -0.2) is 38.1 Å². The number of piperazine rings is 1. The van der Waals surface area contributed by atoms with Gasteiger partial charge in [-0.25, -0.2) is 4.99 Å². The molecule has 6 heteroatoms. The van der Waals surface area contributed by atoms with Crippen molar-refractivity contribution in [3.8, 4) is 0 Å². The maximum Gasteiger partial charge on any atom is 0.118 e. The first-order valence-electron chi connectivity index (χ1n) is 7.43. The minimum Gasteiger partial charge on any atom is -0.359 e. The summed E-state index contributed by atoms with van der Waals surface area (Å²) >= 11 is 7.86. The minimum atomic E-state index is 0.677. The highest BCUT2D eigenvalue weighted by molar-refractivity contribution is 7.15. The van der Waals surface area contributed by atoms with Crippen molar-refractivity contribution in [3.05, 3.63) is 44.9 Å². The summed E-state index contributed by atoms with van der Waals surface area (Å²) < 4.78 is 0. The number of anilines is 1. The van der Waals surface area contributed by atoms with Crippen LogP contribution < -0.4 is 15.6 Å². The van der Waals surface area contributed by atoms with Crippen molar-refractivity contribution >= 4 is 33.6 Å². The third-order valence-electron chi connectivity index (χ3n) is 4.20. The van der Waals surface area contributed by atoms with Crippen LogP contribution in [0.25, 0.3) is 0 Å². The molecule has 22 heavy (non-hydrogen) atoms. The largest absolute Gasteiger partial charge is 0.359 e. The van der Waals surface area contributed by atoms with E-state index in [0.29, 0.717) is 11.6 Å². The van der Waals surface area contributed by atoms with Crippen molar-refractivity contribution in [2.75, 3.05) is 38.1 Å². The van der Waals surface area contributed by atoms with Crippen LogP contribution in [0.2, 0.25) is 5.02 Å². The lowest BCUT2D eigenvalue weighted by molar-refractivity contribution is 0.313. The van der Waals surface area contributed by atoms with E-state index in [-0.39, 0.29) is 0 Å². The van der Waals surface area contributed by atoms with Crippen molar-refractivity contribution in [1.29, 1.82) is 0 Å². The normalized spacial score (nSPS) is 18.0. The Hall–Kier alpha value is -1.43. The van der Waals surface area contributed by atoms with Gasteiger partial charge in [0, 0.05) is 42.1 Å². The van der Waals surface area contributed by atoms with Gasteiger partial charge in [-0.2, -0.15) is 0 Å². The highest BCUT2D eigenvalue weighted by atomic mass is 35.5. The fourth-order valence-electron chi connectivity index (χ4n) is 2.85. The van der Waals surface area contributed by atoms with Crippen LogP contribution in [0.15, 0.2) is 33.6 Å². The van der Waals surface area contributed by atoms with E-state index < -0.39 is 0 Å². The summed E-state index contributed by atoms with van der Waals surface area (Å²) in [6.45, 7) is 5.00. The zero-order valence-electron chi connectivity index (χ0n) is 12.4. The molecule has 1 aromatic carbocycles. The second-order valence-electron chi connectivity index (χ2n) is 5.77. The van der Waals surface area contributed by atoms with E-state index in [9.17, 15) is 0 Å². The third kappa shape index (κ3) is 2.53. The minimum absolute atomic E-state index is 0.677. The topological polar surface area (TPSA) is 31.2 Å². The van der Waals surface area contributed by atoms with Gasteiger partial charge in [0.1, 0.15) is 10.7 Å². The first-order chi connectivity index (χ1) is 10.7. The molecule has 0 aliphatic carbocycles. The standard InChI is InChI=1S/C16H17ClN4S/c1-20-4-6-21(7-5-20)16-15-11(10-22-16)9-18-14-8-12(17)2-3-13(14)19-15/h2-3,8,10H,4-7,9H2,1H3. The third-order valence-corrected chi connectivity index (χ3v) is 5.51. The quantitative estimate of drug-likeness (QED) is 0.802. The van der Waals surface area contributed by atoms with E-state index in [1.165, 1.54) is 10.6 Å². The van der Waals surface area contributed by atoms with Gasteiger partial charge in [0.05, 0.1) is 17.3 Å². The van der Waals surface area contributed by atoms with E-state index in [0.717, 1.165) is 42.6 Å². The Labute approximate surface area is 138 Å². The van der Waals surface area contributed by atoms with Crippen molar-refractivity contribution in [2.45, 2.75) is 6.54 Å². The van der Waals surface area contributed by atoms with Gasteiger partial charge in [-0.1, -0.05) is 11.6 Å². The lowest BCUT2D eigenvalue weighted by Gasteiger charge is -2.33. The van der Waals surface area contributed by atoms with Gasteiger partial charge in [-0.05, 0) is 25.2 Å². The predicted molar refractivity (Wildman–Crippen MR) is 91.2 cm³/mol. The van der Waals surface area contributed by atoms with Crippen LogP contribution in [-0.2, 0) is 6.54 Å². The molecule has 0 N–H and O–H groups in total. The molecule has 114 valence electrons. The van der Waals surface area contributed by atoms with Gasteiger partial charge < -0.3 is 9.80 Å². The summed E-state index contributed by atoms with van der Waals surface area (Å²) in [6, 6.07) is 5.74. The van der Waals surface area contributed by atoms with Crippen molar-refractivity contribution in [3.63, 3.8) is 0 Å². The Kier molecular flexibility index (Phi) is 3.64. The molecule has 1 saturated heterocycles. The second-order valence-corrected chi connectivity index (χ2v) is 7.06. The molecule has 4 nitrogen and oxygen atoms in total. The molecule has 0 amide bonds. The molecule has 4 rings (SSSR count). The molecule has 0 bridgehead atoms. The van der Waals surface area contributed by atoms with E-state index in [2.05, 4.69) is 27.2 Å². The van der Waals surface area contributed by atoms with Crippen molar-refractivity contribution in [1.82, 2.24) is 4.90 Å². The number of nitrogens with zero attached hydrogens (tertiary/aromatic N) is 4. The number of rotatable bonds is 1. The number of hydrogen-bond donors (Lipinski definition) is 0. The second kappa shape index (κ2) is 5.65.